The molecule has 1 unspecified atom stereocenters. The third kappa shape index (κ3) is 4.13. The number of hydrogen-bond acceptors (Lipinski definition) is 10. The lowest BCUT2D eigenvalue weighted by Gasteiger charge is -2.46. The molecule has 2 rings (SSSR count). The molecular weight excluding hydrogens is 356 g/mol. The number of hydrogen-bond donors (Lipinski definition) is 7. The first-order chi connectivity index (χ1) is 12.0. The van der Waals surface area contributed by atoms with Gasteiger partial charge in [0.05, 0.1) is 12.1 Å². The van der Waals surface area contributed by atoms with Crippen molar-refractivity contribution in [2.24, 2.45) is 5.73 Å². The summed E-state index contributed by atoms with van der Waals surface area (Å²) in [6.45, 7) is 2.74. The lowest BCUT2D eigenvalue weighted by Crippen LogP contribution is -2.68. The van der Waals surface area contributed by atoms with Crippen LogP contribution in [0.25, 0.3) is 0 Å². The van der Waals surface area contributed by atoms with Gasteiger partial charge in [-0.3, -0.25) is 4.79 Å². The zero-order chi connectivity index (χ0) is 19.8. The number of rotatable bonds is 4. The Balaban J connectivity index is 2.23. The molecule has 1 amide bonds. The molecule has 0 saturated carbocycles. The Labute approximate surface area is 148 Å². The van der Waals surface area contributed by atoms with E-state index in [2.05, 4.69) is 5.32 Å². The Kier molecular flexibility index (Phi) is 6.52. The van der Waals surface area contributed by atoms with Crippen molar-refractivity contribution in [3.8, 4) is 0 Å². The molecule has 0 aromatic carbocycles. The van der Waals surface area contributed by atoms with Gasteiger partial charge in [-0.05, 0) is 6.92 Å². The van der Waals surface area contributed by atoms with Gasteiger partial charge in [-0.1, -0.05) is 0 Å². The predicted molar refractivity (Wildman–Crippen MR) is 81.3 cm³/mol. The Morgan fingerprint density at radius 1 is 1.08 bits per heavy atom. The van der Waals surface area contributed by atoms with Gasteiger partial charge in [0.1, 0.15) is 30.5 Å². The molecule has 0 aromatic rings. The van der Waals surface area contributed by atoms with Gasteiger partial charge in [-0.15, -0.1) is 0 Å². The summed E-state index contributed by atoms with van der Waals surface area (Å²) in [5.74, 6) is -2.09. The van der Waals surface area contributed by atoms with Crippen LogP contribution in [0.4, 0.5) is 0 Å². The van der Waals surface area contributed by atoms with Gasteiger partial charge < -0.3 is 50.8 Å². The monoisotopic (exact) mass is 380 g/mol. The van der Waals surface area contributed by atoms with E-state index in [1.807, 2.05) is 0 Å². The van der Waals surface area contributed by atoms with Crippen LogP contribution >= 0.6 is 0 Å². The first-order valence-electron chi connectivity index (χ1n) is 7.98. The molecule has 26 heavy (non-hydrogen) atoms. The van der Waals surface area contributed by atoms with Crippen molar-refractivity contribution in [2.45, 2.75) is 75.1 Å². The van der Waals surface area contributed by atoms with E-state index in [4.69, 9.17) is 25.1 Å². The topological polar surface area (TPSA) is 201 Å². The fourth-order valence-corrected chi connectivity index (χ4v) is 2.95. The molecule has 0 spiro atoms. The SMILES string of the molecule is CC(=O)N[C@H]1C(O)O[C@H](C)[C@H](N)[C@@H]1O[C@H]1O[C@H](C(=O)O)[C@H](O)[C@H](O)[C@H]1O. The third-order valence-corrected chi connectivity index (χ3v) is 4.41. The summed E-state index contributed by atoms with van der Waals surface area (Å²) in [5.41, 5.74) is 5.99. The maximum absolute atomic E-state index is 11.4. The largest absolute Gasteiger partial charge is 0.479 e. The van der Waals surface area contributed by atoms with Crippen LogP contribution < -0.4 is 11.1 Å². The minimum Gasteiger partial charge on any atom is -0.479 e. The average Bonchev–Trinajstić information content (AvgIpc) is 2.55. The number of carboxylic acid groups (broad SMARTS) is 1. The van der Waals surface area contributed by atoms with Crippen LogP contribution in [0, 0.1) is 0 Å². The zero-order valence-electron chi connectivity index (χ0n) is 14.1. The van der Waals surface area contributed by atoms with Gasteiger partial charge in [0.2, 0.25) is 5.91 Å². The van der Waals surface area contributed by atoms with Gasteiger partial charge in [0.25, 0.3) is 0 Å². The lowest BCUT2D eigenvalue weighted by molar-refractivity contribution is -0.322. The normalized spacial score (nSPS) is 46.6. The highest BCUT2D eigenvalue weighted by Gasteiger charge is 2.51. The van der Waals surface area contributed by atoms with Crippen molar-refractivity contribution < 1.29 is 49.3 Å². The number of carbonyl (C=O) groups excluding carboxylic acids is 1. The summed E-state index contributed by atoms with van der Waals surface area (Å²) in [4.78, 5) is 22.5. The number of aliphatic carboxylic acids is 1. The van der Waals surface area contributed by atoms with Crippen molar-refractivity contribution >= 4 is 11.9 Å². The highest BCUT2D eigenvalue weighted by Crippen LogP contribution is 2.28. The molecule has 2 aliphatic heterocycles. The maximum Gasteiger partial charge on any atom is 0.335 e. The lowest BCUT2D eigenvalue weighted by atomic mass is 9.94. The second-order valence-corrected chi connectivity index (χ2v) is 6.37. The number of carbonyl (C=O) groups is 2. The van der Waals surface area contributed by atoms with Gasteiger partial charge in [-0.2, -0.15) is 0 Å². The van der Waals surface area contributed by atoms with Crippen molar-refractivity contribution in [1.29, 1.82) is 0 Å². The van der Waals surface area contributed by atoms with Crippen LogP contribution in [-0.2, 0) is 23.8 Å². The summed E-state index contributed by atoms with van der Waals surface area (Å²) in [7, 11) is 0. The second-order valence-electron chi connectivity index (χ2n) is 6.37. The highest BCUT2D eigenvalue weighted by molar-refractivity contribution is 5.73. The van der Waals surface area contributed by atoms with Crippen molar-refractivity contribution in [3.63, 3.8) is 0 Å². The summed E-state index contributed by atoms with van der Waals surface area (Å²) in [6.07, 6.45) is -12.4. The fourth-order valence-electron chi connectivity index (χ4n) is 2.95. The van der Waals surface area contributed by atoms with E-state index in [-0.39, 0.29) is 0 Å². The number of nitrogens with one attached hydrogen (secondary N) is 1. The van der Waals surface area contributed by atoms with E-state index >= 15 is 0 Å². The van der Waals surface area contributed by atoms with Crippen LogP contribution in [0.2, 0.25) is 0 Å². The van der Waals surface area contributed by atoms with Gasteiger partial charge in [0.15, 0.2) is 18.7 Å². The highest BCUT2D eigenvalue weighted by atomic mass is 16.7. The maximum atomic E-state index is 11.4. The number of carboxylic acids is 1. The van der Waals surface area contributed by atoms with Gasteiger partial charge >= 0.3 is 5.97 Å². The Morgan fingerprint density at radius 2 is 1.69 bits per heavy atom. The van der Waals surface area contributed by atoms with E-state index in [9.17, 15) is 30.0 Å². The van der Waals surface area contributed by atoms with E-state index in [0.717, 1.165) is 0 Å². The molecule has 2 aliphatic rings. The number of amides is 1. The molecular formula is C14H24N2O10. The Bertz CT molecular complexity index is 534. The standard InChI is InChI=1S/C14H24N2O10/c1-3-5(15)10(6(13(23)24-3)16-4(2)17)25-14-9(20)7(18)8(19)11(26-14)12(21)22/h3,5-11,13-14,18-20,23H,15H2,1-2H3,(H,16,17)(H,21,22)/t3-,5+,6-,7+,8-,9-,10+,11+,13?,14+/m1/s1. The molecule has 0 bridgehead atoms. The smallest absolute Gasteiger partial charge is 0.335 e. The molecule has 8 N–H and O–H groups in total. The molecule has 150 valence electrons. The molecule has 10 atom stereocenters. The quantitative estimate of drug-likeness (QED) is 0.249. The minimum absolute atomic E-state index is 0.517. The Hall–Kier alpha value is -1.38. The summed E-state index contributed by atoms with van der Waals surface area (Å²) >= 11 is 0. The first-order valence-corrected chi connectivity index (χ1v) is 7.98. The van der Waals surface area contributed by atoms with Crippen LogP contribution in [0.3, 0.4) is 0 Å². The van der Waals surface area contributed by atoms with Gasteiger partial charge in [0, 0.05) is 6.92 Å². The zero-order valence-corrected chi connectivity index (χ0v) is 14.1. The Morgan fingerprint density at radius 3 is 2.23 bits per heavy atom. The molecule has 2 fully saturated rings. The summed E-state index contributed by atoms with van der Waals surface area (Å²) in [6, 6.07) is -2.03. The molecule has 0 aromatic heterocycles. The van der Waals surface area contributed by atoms with E-state index in [1.54, 1.807) is 6.92 Å². The number of aliphatic hydroxyl groups excluding tert-OH is 4. The van der Waals surface area contributed by atoms with Crippen molar-refractivity contribution in [3.05, 3.63) is 0 Å². The van der Waals surface area contributed by atoms with Crippen LogP contribution in [0.5, 0.6) is 0 Å². The van der Waals surface area contributed by atoms with E-state index in [0.29, 0.717) is 0 Å². The number of aliphatic hydroxyl groups is 4. The third-order valence-electron chi connectivity index (χ3n) is 4.41. The van der Waals surface area contributed by atoms with Crippen LogP contribution in [0.1, 0.15) is 13.8 Å². The van der Waals surface area contributed by atoms with Crippen molar-refractivity contribution in [2.75, 3.05) is 0 Å². The summed E-state index contributed by atoms with van der Waals surface area (Å²) < 4.78 is 15.8. The van der Waals surface area contributed by atoms with E-state index < -0.39 is 73.2 Å². The average molecular weight is 380 g/mol. The number of ether oxygens (including phenoxy) is 3. The molecule has 12 nitrogen and oxygen atoms in total. The number of nitrogens with two attached hydrogens (primary N) is 1. The minimum atomic E-state index is -1.87. The summed E-state index contributed by atoms with van der Waals surface area (Å²) in [5, 5.41) is 51.1. The molecule has 12 heteroatoms. The van der Waals surface area contributed by atoms with Crippen LogP contribution in [0.15, 0.2) is 0 Å². The molecule has 0 radical (unpaired) electrons. The van der Waals surface area contributed by atoms with Crippen LogP contribution in [-0.4, -0.2) is 98.7 Å². The predicted octanol–water partition coefficient (Wildman–Crippen LogP) is -4.17. The molecule has 2 saturated heterocycles. The second kappa shape index (κ2) is 8.10. The van der Waals surface area contributed by atoms with E-state index in [1.165, 1.54) is 6.92 Å². The fraction of sp³-hybridized carbons (Fsp3) is 0.857. The molecule has 0 aliphatic carbocycles. The van der Waals surface area contributed by atoms with Crippen molar-refractivity contribution in [1.82, 2.24) is 5.32 Å². The first kappa shape index (κ1) is 20.9. The molecule has 2 heterocycles. The van der Waals surface area contributed by atoms with Gasteiger partial charge in [-0.25, -0.2) is 4.79 Å².